The molecule has 239 valence electrons. The first-order valence-electron chi connectivity index (χ1n) is 15.9. The van der Waals surface area contributed by atoms with Gasteiger partial charge in [-0.3, -0.25) is 9.78 Å². The van der Waals surface area contributed by atoms with E-state index in [1.54, 1.807) is 11.3 Å². The second kappa shape index (κ2) is 16.5. The van der Waals surface area contributed by atoms with Gasteiger partial charge >= 0.3 is 0 Å². The molecule has 1 N–H and O–H groups in total. The summed E-state index contributed by atoms with van der Waals surface area (Å²) in [7, 11) is 0. The van der Waals surface area contributed by atoms with E-state index >= 15 is 0 Å². The minimum absolute atomic E-state index is 0. The van der Waals surface area contributed by atoms with Gasteiger partial charge in [0.1, 0.15) is 0 Å². The molecule has 0 aliphatic heterocycles. The van der Waals surface area contributed by atoms with Gasteiger partial charge in [-0.2, -0.15) is 0 Å². The fourth-order valence-electron chi connectivity index (χ4n) is 5.67. The van der Waals surface area contributed by atoms with E-state index in [0.717, 1.165) is 42.3 Å². The molecule has 0 saturated heterocycles. The van der Waals surface area contributed by atoms with Crippen LogP contribution in [0, 0.1) is 17.9 Å². The average Bonchev–Trinajstić information content (AvgIpc) is 3.50. The second-order valence-corrected chi connectivity index (χ2v) is 13.4. The van der Waals surface area contributed by atoms with Gasteiger partial charge in [-0.25, -0.2) is 0 Å². The zero-order valence-electron chi connectivity index (χ0n) is 27.6. The maximum atomic E-state index is 11.7. The molecule has 3 aromatic carbocycles. The molecule has 2 aromatic heterocycles. The number of allylic oxidation sites excluding steroid dienone is 2. The van der Waals surface area contributed by atoms with Crippen LogP contribution in [0.15, 0.2) is 90.1 Å². The Kier molecular flexibility index (Phi) is 13.3. The predicted molar refractivity (Wildman–Crippen MR) is 189 cm³/mol. The molecule has 0 spiro atoms. The molecule has 0 atom stereocenters. The molecule has 0 fully saturated rings. The Balaban J connectivity index is 0.000000297. The average molecular weight is 797 g/mol. The minimum Gasteiger partial charge on any atom is -0.512 e. The van der Waals surface area contributed by atoms with Gasteiger partial charge in [0.05, 0.1) is 5.76 Å². The molecule has 2 heterocycles. The van der Waals surface area contributed by atoms with Crippen molar-refractivity contribution in [2.45, 2.75) is 79.6 Å². The molecule has 0 saturated carbocycles. The summed E-state index contributed by atoms with van der Waals surface area (Å²) in [6, 6.07) is 27.5. The summed E-state index contributed by atoms with van der Waals surface area (Å²) in [5, 5.41) is 15.6. The Morgan fingerprint density at radius 3 is 2.22 bits per heavy atom. The van der Waals surface area contributed by atoms with Crippen molar-refractivity contribution >= 4 is 38.0 Å². The van der Waals surface area contributed by atoms with Crippen LogP contribution in [0.5, 0.6) is 0 Å². The van der Waals surface area contributed by atoms with Crippen LogP contribution in [0.3, 0.4) is 0 Å². The van der Waals surface area contributed by atoms with E-state index in [1.165, 1.54) is 38.2 Å². The largest absolute Gasteiger partial charge is 0.512 e. The number of benzene rings is 3. The van der Waals surface area contributed by atoms with Crippen molar-refractivity contribution in [3.8, 4) is 22.4 Å². The number of rotatable bonds is 9. The number of carbonyl (C=O) groups excluding carboxylic acids is 1. The van der Waals surface area contributed by atoms with Gasteiger partial charge in [-0.15, -0.1) is 40.5 Å². The number of thiophene rings is 1. The third-order valence-corrected chi connectivity index (χ3v) is 9.38. The van der Waals surface area contributed by atoms with Crippen LogP contribution in [-0.4, -0.2) is 15.9 Å². The molecule has 5 heteroatoms. The number of nitrogens with zero attached hydrogens (tertiary/aromatic N) is 1. The smallest absolute Gasteiger partial charge is 0.162 e. The Bertz CT molecular complexity index is 1740. The molecule has 45 heavy (non-hydrogen) atoms. The van der Waals surface area contributed by atoms with Gasteiger partial charge in [-0.05, 0) is 77.3 Å². The number of ketones is 1. The summed E-state index contributed by atoms with van der Waals surface area (Å²) in [5.74, 6) is 0.547. The molecule has 1 radical (unpaired) electrons. The van der Waals surface area contributed by atoms with Gasteiger partial charge < -0.3 is 5.11 Å². The fraction of sp³-hybridized carbons (Fsp3) is 0.350. The molecule has 0 bridgehead atoms. The maximum Gasteiger partial charge on any atom is 0.162 e. The van der Waals surface area contributed by atoms with E-state index < -0.39 is 0 Å². The summed E-state index contributed by atoms with van der Waals surface area (Å²) in [4.78, 5) is 16.4. The standard InChI is InChI=1S/C27H22NS.C13H24O2.Ir/c1-27(2,3)24-16-22(15-20-6-4-5-7-23(20)24)25-17-19(10-12-28-25)18-8-9-26-21(14-18)11-13-29-26;1-5-10(6-2)12(14)9-13(15)11(7-3)8-4;/h4-14,16-17H,1-3H3;9-11,14H,5-8H2,1-4H3;/q-1;;/b;12-9-;. The molecule has 0 aliphatic carbocycles. The number of pyridine rings is 1. The zero-order chi connectivity index (χ0) is 31.9. The predicted octanol–water partition coefficient (Wildman–Crippen LogP) is 11.7. The first-order chi connectivity index (χ1) is 21.1. The van der Waals surface area contributed by atoms with Crippen LogP contribution in [0.2, 0.25) is 0 Å². The van der Waals surface area contributed by atoms with Crippen molar-refractivity contribution in [2.24, 2.45) is 11.8 Å². The van der Waals surface area contributed by atoms with Crippen LogP contribution >= 0.6 is 11.3 Å². The summed E-state index contributed by atoms with van der Waals surface area (Å²) < 4.78 is 1.32. The van der Waals surface area contributed by atoms with Crippen LogP contribution in [-0.2, 0) is 30.3 Å². The summed E-state index contributed by atoms with van der Waals surface area (Å²) >= 11 is 1.78. The third kappa shape index (κ3) is 9.00. The summed E-state index contributed by atoms with van der Waals surface area (Å²) in [5.41, 5.74) is 5.79. The molecule has 5 aromatic rings. The fourth-order valence-corrected chi connectivity index (χ4v) is 6.44. The summed E-state index contributed by atoms with van der Waals surface area (Å²) in [6.45, 7) is 14.9. The first kappa shape index (κ1) is 36.4. The van der Waals surface area contributed by atoms with Gasteiger partial charge in [0.25, 0.3) is 0 Å². The van der Waals surface area contributed by atoms with Crippen LogP contribution in [0.1, 0.15) is 79.7 Å². The number of aliphatic hydroxyl groups is 1. The Hall–Kier alpha value is -3.11. The van der Waals surface area contributed by atoms with Crippen molar-refractivity contribution in [1.82, 2.24) is 4.98 Å². The second-order valence-electron chi connectivity index (χ2n) is 12.5. The molecule has 0 aliphatic rings. The molecular formula is C40H46IrNO2S-. The number of aliphatic hydroxyl groups excluding tert-OH is 1. The Labute approximate surface area is 287 Å². The number of carbonyl (C=O) groups is 1. The molecule has 0 unspecified atom stereocenters. The van der Waals surface area contributed by atoms with Crippen LogP contribution < -0.4 is 0 Å². The monoisotopic (exact) mass is 797 g/mol. The third-order valence-electron chi connectivity index (χ3n) is 8.49. The van der Waals surface area contributed by atoms with E-state index in [-0.39, 0.29) is 48.9 Å². The van der Waals surface area contributed by atoms with Gasteiger partial charge in [0.15, 0.2) is 5.78 Å². The quantitative estimate of drug-likeness (QED) is 0.0918. The first-order valence-corrected chi connectivity index (χ1v) is 16.8. The molecule has 3 nitrogen and oxygen atoms in total. The number of fused-ring (bicyclic) bond motifs is 2. The zero-order valence-corrected chi connectivity index (χ0v) is 30.8. The molecular weight excluding hydrogens is 751 g/mol. The van der Waals surface area contributed by atoms with Crippen LogP contribution in [0.25, 0.3) is 43.2 Å². The van der Waals surface area contributed by atoms with Gasteiger partial charge in [0, 0.05) is 54.6 Å². The maximum absolute atomic E-state index is 11.7. The number of hydrogen-bond acceptors (Lipinski definition) is 4. The van der Waals surface area contributed by atoms with E-state index in [9.17, 15) is 9.90 Å². The van der Waals surface area contributed by atoms with Crippen LogP contribution in [0.4, 0.5) is 0 Å². The van der Waals surface area contributed by atoms with Gasteiger partial charge in [0.2, 0.25) is 0 Å². The van der Waals surface area contributed by atoms with Gasteiger partial charge in [-0.1, -0.05) is 89.7 Å². The van der Waals surface area contributed by atoms with Crippen molar-refractivity contribution < 1.29 is 30.0 Å². The number of hydrogen-bond donors (Lipinski definition) is 1. The van der Waals surface area contributed by atoms with Crippen molar-refractivity contribution in [1.29, 1.82) is 0 Å². The van der Waals surface area contributed by atoms with E-state index in [4.69, 9.17) is 0 Å². The van der Waals surface area contributed by atoms with Crippen molar-refractivity contribution in [3.63, 3.8) is 0 Å². The van der Waals surface area contributed by atoms with Crippen molar-refractivity contribution in [2.75, 3.05) is 0 Å². The molecule has 5 rings (SSSR count). The SMILES string of the molecule is CC(C)(C)c1cc(-c2cc(-c3ccc4sccc4c3)ccn2)[c-]c2ccccc12.CCC(CC)C(=O)/C=C(\O)C(CC)CC.[Ir]. The molecule has 0 amide bonds. The Morgan fingerprint density at radius 1 is 0.889 bits per heavy atom. The van der Waals surface area contributed by atoms with E-state index in [0.29, 0.717) is 0 Å². The van der Waals surface area contributed by atoms with Crippen molar-refractivity contribution in [3.05, 3.63) is 102 Å². The van der Waals surface area contributed by atoms with E-state index in [2.05, 4.69) is 104 Å². The minimum atomic E-state index is 0. The topological polar surface area (TPSA) is 50.2 Å². The normalized spacial score (nSPS) is 11.9. The number of aromatic nitrogens is 1. The summed E-state index contributed by atoms with van der Waals surface area (Å²) in [6.07, 6.45) is 6.81. The van der Waals surface area contributed by atoms with E-state index in [1.807, 2.05) is 33.9 Å². The Morgan fingerprint density at radius 2 is 1.56 bits per heavy atom.